The summed E-state index contributed by atoms with van der Waals surface area (Å²) < 4.78 is 1.76. The van der Waals surface area contributed by atoms with Crippen molar-refractivity contribution in [2.45, 2.75) is 64.1 Å². The molecule has 0 amide bonds. The number of nitro benzene ring substituents is 1. The summed E-state index contributed by atoms with van der Waals surface area (Å²) in [4.78, 5) is 28.5. The molecule has 0 spiro atoms. The normalized spacial score (nSPS) is 19.6. The lowest BCUT2D eigenvalue weighted by Crippen LogP contribution is -2.36. The molecular formula is C22H27N5O3S. The number of nitrogens with zero attached hydrogens (tertiary/aromatic N) is 4. The molecule has 1 atom stereocenters. The number of hydrogen-bond acceptors (Lipinski definition) is 7. The molecule has 0 saturated heterocycles. The highest BCUT2D eigenvalue weighted by Crippen LogP contribution is 2.45. The highest BCUT2D eigenvalue weighted by atomic mass is 32.2. The van der Waals surface area contributed by atoms with Gasteiger partial charge >= 0.3 is 0 Å². The van der Waals surface area contributed by atoms with Gasteiger partial charge in [0.05, 0.1) is 4.92 Å². The molecular weight excluding hydrogens is 414 g/mol. The molecule has 0 fully saturated rings. The summed E-state index contributed by atoms with van der Waals surface area (Å²) in [6.45, 7) is 6.35. The molecule has 1 aromatic heterocycles. The number of non-ortho nitro benzene ring substituents is 1. The number of nitro groups is 1. The van der Waals surface area contributed by atoms with E-state index in [2.05, 4.69) is 31.1 Å². The number of carbonyl (C=O) groups is 1. The fourth-order valence-electron chi connectivity index (χ4n) is 4.25. The summed E-state index contributed by atoms with van der Waals surface area (Å²) in [5.74, 6) is 1.64. The van der Waals surface area contributed by atoms with E-state index in [1.807, 2.05) is 0 Å². The highest BCUT2D eigenvalue weighted by molar-refractivity contribution is 7.99. The largest absolute Gasteiger partial charge is 0.328 e. The molecule has 1 aliphatic heterocycles. The fourth-order valence-corrected chi connectivity index (χ4v) is 5.08. The first kappa shape index (κ1) is 21.5. The van der Waals surface area contributed by atoms with E-state index < -0.39 is 11.0 Å². The zero-order chi connectivity index (χ0) is 22.2. The molecule has 9 heteroatoms. The lowest BCUT2D eigenvalue weighted by atomic mass is 9.73. The average molecular weight is 442 g/mol. The number of carbonyl (C=O) groups excluding carboxylic acids is 1. The minimum absolute atomic E-state index is 0.0222. The van der Waals surface area contributed by atoms with Crippen molar-refractivity contribution in [2.75, 3.05) is 11.1 Å². The van der Waals surface area contributed by atoms with Crippen LogP contribution >= 0.6 is 11.8 Å². The van der Waals surface area contributed by atoms with Crippen molar-refractivity contribution < 1.29 is 9.72 Å². The number of unbranched alkanes of at least 4 members (excludes halogenated alkanes) is 2. The van der Waals surface area contributed by atoms with Gasteiger partial charge in [-0.2, -0.15) is 4.98 Å². The second kappa shape index (κ2) is 8.45. The molecule has 164 valence electrons. The Bertz CT molecular complexity index is 1040. The number of aromatic nitrogens is 3. The molecule has 4 rings (SSSR count). The molecule has 1 aliphatic carbocycles. The number of thioether (sulfide) groups is 1. The molecule has 1 aromatic carbocycles. The summed E-state index contributed by atoms with van der Waals surface area (Å²) in [6, 6.07) is 5.95. The molecule has 2 heterocycles. The zero-order valence-corrected chi connectivity index (χ0v) is 18.9. The van der Waals surface area contributed by atoms with Gasteiger partial charge in [-0.3, -0.25) is 14.9 Å². The fraction of sp³-hybridized carbons (Fsp3) is 0.500. The van der Waals surface area contributed by atoms with Crippen molar-refractivity contribution in [3.05, 3.63) is 51.2 Å². The molecule has 31 heavy (non-hydrogen) atoms. The van der Waals surface area contributed by atoms with Crippen LogP contribution in [-0.2, 0) is 4.79 Å². The number of Topliss-reactive ketones (excluding diaryl/α,β-unsaturated/α-hetero) is 1. The summed E-state index contributed by atoms with van der Waals surface area (Å²) in [5.41, 5.74) is 2.25. The molecule has 8 nitrogen and oxygen atoms in total. The molecule has 0 unspecified atom stereocenters. The van der Waals surface area contributed by atoms with Gasteiger partial charge in [-0.05, 0) is 36.0 Å². The van der Waals surface area contributed by atoms with Crippen LogP contribution < -0.4 is 5.32 Å². The van der Waals surface area contributed by atoms with Crippen molar-refractivity contribution in [3.8, 4) is 0 Å². The number of allylic oxidation sites excluding steroid dienone is 2. The van der Waals surface area contributed by atoms with Crippen LogP contribution in [0.15, 0.2) is 40.7 Å². The average Bonchev–Trinajstić information content (AvgIpc) is 3.11. The maximum atomic E-state index is 13.2. The minimum Gasteiger partial charge on any atom is -0.328 e. The second-order valence-corrected chi connectivity index (χ2v) is 9.99. The predicted octanol–water partition coefficient (Wildman–Crippen LogP) is 5.13. The maximum Gasteiger partial charge on any atom is 0.269 e. The third kappa shape index (κ3) is 4.37. The van der Waals surface area contributed by atoms with Crippen LogP contribution in [0.25, 0.3) is 0 Å². The van der Waals surface area contributed by atoms with Crippen molar-refractivity contribution >= 4 is 29.2 Å². The van der Waals surface area contributed by atoms with Crippen LogP contribution in [-0.4, -0.2) is 31.2 Å². The van der Waals surface area contributed by atoms with Gasteiger partial charge in [0.15, 0.2) is 5.78 Å². The Kier molecular flexibility index (Phi) is 5.88. The summed E-state index contributed by atoms with van der Waals surface area (Å²) in [5, 5.41) is 19.8. The quantitative estimate of drug-likeness (QED) is 0.275. The van der Waals surface area contributed by atoms with Gasteiger partial charge in [-0.15, -0.1) is 5.10 Å². The Hall–Kier alpha value is -2.68. The number of fused-ring (bicyclic) bond motifs is 1. The number of ketones is 1. The first-order valence-electron chi connectivity index (χ1n) is 10.7. The number of hydrogen-bond donors (Lipinski definition) is 1. The van der Waals surface area contributed by atoms with Crippen molar-refractivity contribution in [2.24, 2.45) is 5.41 Å². The molecule has 1 N–H and O–H groups in total. The lowest BCUT2D eigenvalue weighted by molar-refractivity contribution is -0.384. The van der Waals surface area contributed by atoms with Gasteiger partial charge < -0.3 is 5.32 Å². The number of rotatable bonds is 7. The van der Waals surface area contributed by atoms with E-state index in [0.29, 0.717) is 23.1 Å². The molecule has 2 aliphatic rings. The molecule has 2 aromatic rings. The van der Waals surface area contributed by atoms with Crippen LogP contribution in [0.3, 0.4) is 0 Å². The third-order valence-electron chi connectivity index (χ3n) is 5.71. The predicted molar refractivity (Wildman–Crippen MR) is 120 cm³/mol. The summed E-state index contributed by atoms with van der Waals surface area (Å²) >= 11 is 1.62. The van der Waals surface area contributed by atoms with E-state index >= 15 is 0 Å². The van der Waals surface area contributed by atoms with E-state index in [1.165, 1.54) is 18.6 Å². The minimum atomic E-state index is -0.437. The summed E-state index contributed by atoms with van der Waals surface area (Å²) in [7, 11) is 0. The molecule has 0 bridgehead atoms. The van der Waals surface area contributed by atoms with Crippen LogP contribution in [0.1, 0.15) is 64.5 Å². The standard InChI is InChI=1S/C22H27N5O3S/c1-4-5-6-11-31-21-24-20-23-16-12-22(2,3)13-17(28)18(16)19(26(20)25-21)14-7-9-15(10-8-14)27(29)30/h7-10,19H,4-6,11-13H2,1-3H3,(H,23,24,25)/t19-/m1/s1. The van der Waals surface area contributed by atoms with Gasteiger partial charge in [0.2, 0.25) is 11.1 Å². The van der Waals surface area contributed by atoms with Crippen LogP contribution in [0.2, 0.25) is 0 Å². The van der Waals surface area contributed by atoms with Crippen LogP contribution in [0.5, 0.6) is 0 Å². The third-order valence-corrected chi connectivity index (χ3v) is 6.64. The Labute approximate surface area is 185 Å². The molecule has 0 saturated carbocycles. The molecule has 0 radical (unpaired) electrons. The number of nitrogens with one attached hydrogen (secondary N) is 1. The SMILES string of the molecule is CCCCCSc1nc2n(n1)[C@H](c1ccc([N+](=O)[O-])cc1)C1=C(CC(C)(C)CC1=O)N2. The van der Waals surface area contributed by atoms with Gasteiger partial charge in [-0.25, -0.2) is 4.68 Å². The van der Waals surface area contributed by atoms with E-state index in [0.717, 1.165) is 36.3 Å². The first-order valence-corrected chi connectivity index (χ1v) is 11.6. The van der Waals surface area contributed by atoms with Crippen molar-refractivity contribution in [1.29, 1.82) is 0 Å². The van der Waals surface area contributed by atoms with Crippen LogP contribution in [0, 0.1) is 15.5 Å². The number of benzene rings is 1. The van der Waals surface area contributed by atoms with Gasteiger partial charge in [0, 0.05) is 35.6 Å². The monoisotopic (exact) mass is 441 g/mol. The Balaban J connectivity index is 1.74. The first-order chi connectivity index (χ1) is 14.8. The van der Waals surface area contributed by atoms with Gasteiger partial charge in [0.25, 0.3) is 5.69 Å². The Morgan fingerprint density at radius 2 is 2.00 bits per heavy atom. The maximum absolute atomic E-state index is 13.2. The Morgan fingerprint density at radius 3 is 2.68 bits per heavy atom. The highest BCUT2D eigenvalue weighted by Gasteiger charge is 2.41. The van der Waals surface area contributed by atoms with Crippen molar-refractivity contribution in [1.82, 2.24) is 14.8 Å². The van der Waals surface area contributed by atoms with Gasteiger partial charge in [-0.1, -0.05) is 45.4 Å². The topological polar surface area (TPSA) is 103 Å². The van der Waals surface area contributed by atoms with E-state index in [4.69, 9.17) is 5.10 Å². The van der Waals surface area contributed by atoms with Crippen molar-refractivity contribution in [3.63, 3.8) is 0 Å². The summed E-state index contributed by atoms with van der Waals surface area (Å²) in [6.07, 6.45) is 4.63. The van der Waals surface area contributed by atoms with E-state index in [9.17, 15) is 14.9 Å². The lowest BCUT2D eigenvalue weighted by Gasteiger charge is -2.38. The second-order valence-electron chi connectivity index (χ2n) is 8.93. The van der Waals surface area contributed by atoms with Crippen LogP contribution in [0.4, 0.5) is 11.6 Å². The van der Waals surface area contributed by atoms with Gasteiger partial charge in [0.1, 0.15) is 6.04 Å². The number of anilines is 1. The Morgan fingerprint density at radius 1 is 1.26 bits per heavy atom. The zero-order valence-electron chi connectivity index (χ0n) is 18.1. The smallest absolute Gasteiger partial charge is 0.269 e. The van der Waals surface area contributed by atoms with E-state index in [-0.39, 0.29) is 16.9 Å². The van der Waals surface area contributed by atoms with E-state index in [1.54, 1.807) is 28.6 Å².